The van der Waals surface area contributed by atoms with Gasteiger partial charge in [-0.3, -0.25) is 14.4 Å². The van der Waals surface area contributed by atoms with Gasteiger partial charge in [-0.2, -0.15) is 0 Å². The molecule has 0 amide bonds. The Kier molecular flexibility index (Phi) is 62.5. The molecule has 0 radical (unpaired) electrons. The van der Waals surface area contributed by atoms with Crippen molar-refractivity contribution in [1.29, 1.82) is 0 Å². The first-order valence-corrected chi connectivity index (χ1v) is 32.3. The van der Waals surface area contributed by atoms with Crippen LogP contribution in [0.1, 0.15) is 252 Å². The fourth-order valence-corrected chi connectivity index (χ4v) is 8.15. The number of carbonyl (C=O) groups excluding carboxylic acids is 3. The molecule has 0 N–H and O–H groups in total. The molecule has 1 unspecified atom stereocenters. The molecule has 0 rings (SSSR count). The molecule has 0 aliphatic carbocycles. The number of carbonyl (C=O) groups is 3. The molecule has 6 heteroatoms. The van der Waals surface area contributed by atoms with Crippen molar-refractivity contribution in [2.45, 2.75) is 258 Å². The molecule has 0 aliphatic rings. The highest BCUT2D eigenvalue weighted by atomic mass is 16.6. The Bertz CT molecular complexity index is 1900. The summed E-state index contributed by atoms with van der Waals surface area (Å²) in [6, 6.07) is 0. The van der Waals surface area contributed by atoms with E-state index in [0.717, 1.165) is 148 Å². The molecular formula is C75H116O6. The highest BCUT2D eigenvalue weighted by molar-refractivity contribution is 5.71. The van der Waals surface area contributed by atoms with E-state index in [-0.39, 0.29) is 37.5 Å². The van der Waals surface area contributed by atoms with Crippen LogP contribution in [0.4, 0.5) is 0 Å². The molecule has 0 fully saturated rings. The van der Waals surface area contributed by atoms with Crippen molar-refractivity contribution >= 4 is 17.9 Å². The minimum Gasteiger partial charge on any atom is -0.462 e. The Labute approximate surface area is 497 Å². The first kappa shape index (κ1) is 75.5. The van der Waals surface area contributed by atoms with Crippen LogP contribution in [0.15, 0.2) is 182 Å². The van der Waals surface area contributed by atoms with Crippen LogP contribution in [0.2, 0.25) is 0 Å². The molecule has 0 aromatic heterocycles. The van der Waals surface area contributed by atoms with Crippen LogP contribution < -0.4 is 0 Å². The zero-order valence-electron chi connectivity index (χ0n) is 51.7. The number of ether oxygens (including phenoxy) is 3. The number of hydrogen-bond acceptors (Lipinski definition) is 6. The maximum atomic E-state index is 12.8. The summed E-state index contributed by atoms with van der Waals surface area (Å²) in [5, 5.41) is 0. The molecule has 0 bridgehead atoms. The molecule has 81 heavy (non-hydrogen) atoms. The molecule has 6 nitrogen and oxygen atoms in total. The van der Waals surface area contributed by atoms with Crippen molar-refractivity contribution in [3.05, 3.63) is 182 Å². The fraction of sp³-hybridized carbons (Fsp3) is 0.560. The minimum absolute atomic E-state index is 0.111. The van der Waals surface area contributed by atoms with Crippen LogP contribution in [0.25, 0.3) is 0 Å². The highest BCUT2D eigenvalue weighted by Crippen LogP contribution is 2.14. The van der Waals surface area contributed by atoms with E-state index in [1.165, 1.54) is 57.8 Å². The number of hydrogen-bond donors (Lipinski definition) is 0. The van der Waals surface area contributed by atoms with Crippen LogP contribution in [0.3, 0.4) is 0 Å². The van der Waals surface area contributed by atoms with Crippen LogP contribution in [0.5, 0.6) is 0 Å². The average Bonchev–Trinajstić information content (AvgIpc) is 3.47. The second-order valence-electron chi connectivity index (χ2n) is 20.6. The zero-order chi connectivity index (χ0) is 58.5. The largest absolute Gasteiger partial charge is 0.462 e. The Hall–Kier alpha value is -5.49. The summed E-state index contributed by atoms with van der Waals surface area (Å²) in [6.07, 6.45) is 101. The van der Waals surface area contributed by atoms with Gasteiger partial charge in [0.05, 0.1) is 0 Å². The van der Waals surface area contributed by atoms with Crippen molar-refractivity contribution < 1.29 is 28.6 Å². The lowest BCUT2D eigenvalue weighted by Crippen LogP contribution is -2.30. The van der Waals surface area contributed by atoms with Gasteiger partial charge in [0.1, 0.15) is 13.2 Å². The van der Waals surface area contributed by atoms with E-state index in [2.05, 4.69) is 203 Å². The van der Waals surface area contributed by atoms with Crippen LogP contribution in [-0.4, -0.2) is 37.2 Å². The Morgan fingerprint density at radius 3 is 0.790 bits per heavy atom. The second-order valence-corrected chi connectivity index (χ2v) is 20.6. The summed E-state index contributed by atoms with van der Waals surface area (Å²) in [5.74, 6) is -0.995. The maximum absolute atomic E-state index is 12.8. The first-order valence-electron chi connectivity index (χ1n) is 32.3. The quantitative estimate of drug-likeness (QED) is 0.0261. The highest BCUT2D eigenvalue weighted by Gasteiger charge is 2.19. The van der Waals surface area contributed by atoms with E-state index >= 15 is 0 Å². The smallest absolute Gasteiger partial charge is 0.306 e. The van der Waals surface area contributed by atoms with Gasteiger partial charge in [-0.05, 0) is 135 Å². The number of unbranched alkanes of at least 4 members (excludes halogenated alkanes) is 15. The van der Waals surface area contributed by atoms with Gasteiger partial charge in [-0.1, -0.05) is 280 Å². The molecule has 0 aromatic rings. The Balaban J connectivity index is 4.27. The van der Waals surface area contributed by atoms with Gasteiger partial charge < -0.3 is 14.2 Å². The van der Waals surface area contributed by atoms with Gasteiger partial charge in [0, 0.05) is 19.3 Å². The van der Waals surface area contributed by atoms with Gasteiger partial charge >= 0.3 is 17.9 Å². The second kappa shape index (κ2) is 67.0. The van der Waals surface area contributed by atoms with Gasteiger partial charge in [0.2, 0.25) is 0 Å². The van der Waals surface area contributed by atoms with E-state index in [1.54, 1.807) is 0 Å². The summed E-state index contributed by atoms with van der Waals surface area (Å²) in [7, 11) is 0. The third kappa shape index (κ3) is 65.2. The number of rotatable bonds is 56. The van der Waals surface area contributed by atoms with Gasteiger partial charge in [0.25, 0.3) is 0 Å². The lowest BCUT2D eigenvalue weighted by atomic mass is 10.1. The van der Waals surface area contributed by atoms with E-state index in [1.807, 2.05) is 0 Å². The first-order chi connectivity index (χ1) is 40.0. The number of esters is 3. The zero-order valence-corrected chi connectivity index (χ0v) is 51.7. The van der Waals surface area contributed by atoms with E-state index in [9.17, 15) is 14.4 Å². The molecule has 0 aromatic carbocycles. The van der Waals surface area contributed by atoms with Crippen molar-refractivity contribution in [1.82, 2.24) is 0 Å². The molecule has 0 saturated carbocycles. The third-order valence-electron chi connectivity index (χ3n) is 12.9. The summed E-state index contributed by atoms with van der Waals surface area (Å²) in [6.45, 7) is 6.30. The van der Waals surface area contributed by atoms with Gasteiger partial charge in [-0.15, -0.1) is 0 Å². The SMILES string of the molecule is CC/C=C\C/C=C\C/C=C\C/C=C\C/C=C\C/C=C\C/C=C\C/C=C\CCCCCCCCCCC(=O)OCC(COC(=O)CCCCCCCCC)OC(=O)CCC/C=C\C/C=C\C/C=C\C/C=C\C/C=C\C/C=C\C/C=C\CC. The Morgan fingerprint density at radius 2 is 0.494 bits per heavy atom. The van der Waals surface area contributed by atoms with Crippen molar-refractivity contribution in [3.63, 3.8) is 0 Å². The lowest BCUT2D eigenvalue weighted by molar-refractivity contribution is -0.167. The topological polar surface area (TPSA) is 78.9 Å². The summed E-state index contributed by atoms with van der Waals surface area (Å²) in [5.41, 5.74) is 0. The summed E-state index contributed by atoms with van der Waals surface area (Å²) < 4.78 is 16.8. The van der Waals surface area contributed by atoms with E-state index < -0.39 is 6.10 Å². The molecule has 0 aliphatic heterocycles. The number of allylic oxidation sites excluding steroid dienone is 30. The van der Waals surface area contributed by atoms with Crippen LogP contribution in [0, 0.1) is 0 Å². The molecule has 1 atom stereocenters. The van der Waals surface area contributed by atoms with Crippen molar-refractivity contribution in [2.75, 3.05) is 13.2 Å². The average molecular weight is 1110 g/mol. The molecular weight excluding hydrogens is 997 g/mol. The van der Waals surface area contributed by atoms with Crippen LogP contribution in [-0.2, 0) is 28.6 Å². The summed E-state index contributed by atoms with van der Waals surface area (Å²) in [4.78, 5) is 38.1. The molecule has 452 valence electrons. The predicted molar refractivity (Wildman–Crippen MR) is 352 cm³/mol. The monoisotopic (exact) mass is 1110 g/mol. The standard InChI is InChI=1S/C75H116O6/c1-4-7-10-13-16-18-20-22-24-26-28-30-32-33-34-35-36-37-38-39-40-41-43-44-46-48-50-52-54-56-59-62-65-68-74(77)80-71-72(70-79-73(76)67-64-61-58-15-12-9-6-3)81-75(78)69-66-63-60-57-55-53-51-49-47-45-42-31-29-27-25-23-21-19-17-14-11-8-5-2/h7-8,10-11,16-19,22-25,28-31,33-34,36-37,39-40,43-45,47,51,53,57,60,72H,4-6,9,12-15,20-21,26-27,32,35,38,41-42,46,48-50,52,54-56,58-59,61-71H2,1-3H3/b10-7-,11-8-,18-16-,19-17-,24-22-,25-23-,30-28-,31-29-,34-33-,37-36-,40-39-,44-43-,47-45-,53-51-,60-57-. The van der Waals surface area contributed by atoms with Crippen LogP contribution >= 0.6 is 0 Å². The molecule has 0 heterocycles. The molecule has 0 spiro atoms. The molecule has 0 saturated heterocycles. The Morgan fingerprint density at radius 1 is 0.259 bits per heavy atom. The minimum atomic E-state index is -0.819. The fourth-order valence-electron chi connectivity index (χ4n) is 8.15. The van der Waals surface area contributed by atoms with E-state index in [4.69, 9.17) is 14.2 Å². The maximum Gasteiger partial charge on any atom is 0.306 e. The van der Waals surface area contributed by atoms with E-state index in [0.29, 0.717) is 19.3 Å². The van der Waals surface area contributed by atoms with Crippen molar-refractivity contribution in [3.8, 4) is 0 Å². The lowest BCUT2D eigenvalue weighted by Gasteiger charge is -2.18. The normalized spacial score (nSPS) is 13.4. The van der Waals surface area contributed by atoms with Gasteiger partial charge in [-0.25, -0.2) is 0 Å². The third-order valence-corrected chi connectivity index (χ3v) is 12.9. The predicted octanol–water partition coefficient (Wildman–Crippen LogP) is 22.4. The van der Waals surface area contributed by atoms with Crippen molar-refractivity contribution in [2.24, 2.45) is 0 Å². The summed E-state index contributed by atoms with van der Waals surface area (Å²) >= 11 is 0. The van der Waals surface area contributed by atoms with Gasteiger partial charge in [0.15, 0.2) is 6.10 Å².